The van der Waals surface area contributed by atoms with Crippen LogP contribution in [0.3, 0.4) is 0 Å². The van der Waals surface area contributed by atoms with Crippen molar-refractivity contribution in [2.45, 2.75) is 70.4 Å². The summed E-state index contributed by atoms with van der Waals surface area (Å²) in [5, 5.41) is 11.5. The summed E-state index contributed by atoms with van der Waals surface area (Å²) in [5.74, 6) is 1.68. The molecule has 1 unspecified atom stereocenters. The Balaban J connectivity index is 1.38. The highest BCUT2D eigenvalue weighted by molar-refractivity contribution is 5.74. The van der Waals surface area contributed by atoms with E-state index in [1.165, 1.54) is 25.0 Å². The molecule has 8 nitrogen and oxygen atoms in total. The lowest BCUT2D eigenvalue weighted by atomic mass is 9.89. The second-order valence-corrected chi connectivity index (χ2v) is 7.76. The zero-order chi connectivity index (χ0) is 18.8. The first kappa shape index (κ1) is 18.0. The fourth-order valence-electron chi connectivity index (χ4n) is 4.15. The molecule has 146 valence electrons. The van der Waals surface area contributed by atoms with E-state index in [4.69, 9.17) is 4.52 Å². The fraction of sp³-hybridized carbons (Fsp3) is 0.684. The molecule has 0 radical (unpaired) electrons. The molecule has 8 heteroatoms. The van der Waals surface area contributed by atoms with Crippen LogP contribution in [0.4, 0.5) is 4.79 Å². The molecule has 2 aliphatic rings. The topological polar surface area (TPSA) is 89.1 Å². The van der Waals surface area contributed by atoms with Gasteiger partial charge in [-0.05, 0) is 32.6 Å². The highest BCUT2D eigenvalue weighted by Crippen LogP contribution is 2.31. The van der Waals surface area contributed by atoms with Gasteiger partial charge in [0.2, 0.25) is 5.89 Å². The molecule has 1 atom stereocenters. The number of nitrogens with one attached hydrogen (secondary N) is 1. The molecule has 0 saturated heterocycles. The van der Waals surface area contributed by atoms with Crippen LogP contribution in [-0.4, -0.2) is 37.4 Å². The van der Waals surface area contributed by atoms with E-state index in [1.807, 2.05) is 29.7 Å². The van der Waals surface area contributed by atoms with E-state index in [9.17, 15) is 4.79 Å². The van der Waals surface area contributed by atoms with E-state index in [1.54, 1.807) is 0 Å². The number of carbonyl (C=O) groups is 1. The predicted octanol–water partition coefficient (Wildman–Crippen LogP) is 3.07. The Morgan fingerprint density at radius 2 is 2.11 bits per heavy atom. The molecule has 1 aliphatic carbocycles. The average molecular weight is 372 g/mol. The normalized spacial score (nSPS) is 19.4. The summed E-state index contributed by atoms with van der Waals surface area (Å²) < 4.78 is 7.35. The Morgan fingerprint density at radius 1 is 1.30 bits per heavy atom. The summed E-state index contributed by atoms with van der Waals surface area (Å²) in [6.07, 6.45) is 9.74. The Hall–Kier alpha value is -2.38. The first-order chi connectivity index (χ1) is 13.1. The highest BCUT2D eigenvalue weighted by atomic mass is 16.5. The minimum atomic E-state index is -0.307. The molecule has 3 heterocycles. The number of nitrogens with zero attached hydrogens (tertiary/aromatic N) is 5. The van der Waals surface area contributed by atoms with E-state index >= 15 is 0 Å². The van der Waals surface area contributed by atoms with Crippen LogP contribution in [-0.2, 0) is 20.0 Å². The zero-order valence-electron chi connectivity index (χ0n) is 16.1. The zero-order valence-corrected chi connectivity index (χ0v) is 16.1. The summed E-state index contributed by atoms with van der Waals surface area (Å²) in [6, 6.07) is -0.407. The van der Waals surface area contributed by atoms with Gasteiger partial charge in [0.15, 0.2) is 5.82 Å². The molecular formula is C19H28N6O2. The van der Waals surface area contributed by atoms with Gasteiger partial charge in [-0.3, -0.25) is 4.68 Å². The lowest BCUT2D eigenvalue weighted by Crippen LogP contribution is -2.40. The maximum absolute atomic E-state index is 12.8. The molecule has 27 heavy (non-hydrogen) atoms. The first-order valence-electron chi connectivity index (χ1n) is 10.0. The van der Waals surface area contributed by atoms with Crippen LogP contribution < -0.4 is 5.32 Å². The van der Waals surface area contributed by atoms with Gasteiger partial charge in [0, 0.05) is 30.8 Å². The van der Waals surface area contributed by atoms with Crippen molar-refractivity contribution in [2.75, 3.05) is 6.54 Å². The average Bonchev–Trinajstić information content (AvgIpc) is 3.24. The van der Waals surface area contributed by atoms with E-state index in [0.29, 0.717) is 18.4 Å². The van der Waals surface area contributed by atoms with Gasteiger partial charge in [-0.1, -0.05) is 24.4 Å². The second-order valence-electron chi connectivity index (χ2n) is 7.76. The summed E-state index contributed by atoms with van der Waals surface area (Å²) in [5.41, 5.74) is 2.34. The molecule has 1 saturated carbocycles. The highest BCUT2D eigenvalue weighted by Gasteiger charge is 2.26. The maximum Gasteiger partial charge on any atom is 0.318 e. The van der Waals surface area contributed by atoms with Crippen molar-refractivity contribution in [2.24, 2.45) is 7.05 Å². The van der Waals surface area contributed by atoms with Crippen molar-refractivity contribution in [1.29, 1.82) is 0 Å². The van der Waals surface area contributed by atoms with Gasteiger partial charge in [-0.2, -0.15) is 10.1 Å². The number of rotatable bonds is 3. The van der Waals surface area contributed by atoms with E-state index in [0.717, 1.165) is 43.6 Å². The van der Waals surface area contributed by atoms with Crippen molar-refractivity contribution in [3.63, 3.8) is 0 Å². The second kappa shape index (κ2) is 7.70. The third-order valence-corrected chi connectivity index (χ3v) is 5.78. The minimum Gasteiger partial charge on any atom is -0.337 e. The summed E-state index contributed by atoms with van der Waals surface area (Å²) in [4.78, 5) is 19.2. The molecule has 1 fully saturated rings. The van der Waals surface area contributed by atoms with Crippen LogP contribution in [0.15, 0.2) is 10.7 Å². The molecule has 0 aromatic carbocycles. The third kappa shape index (κ3) is 3.84. The molecule has 1 aliphatic heterocycles. The molecule has 2 amide bonds. The summed E-state index contributed by atoms with van der Waals surface area (Å²) >= 11 is 0. The minimum absolute atomic E-state index is 0.100. The van der Waals surface area contributed by atoms with Gasteiger partial charge in [-0.25, -0.2) is 4.79 Å². The maximum atomic E-state index is 12.8. The lowest BCUT2D eigenvalue weighted by molar-refractivity contribution is 0.189. The number of amides is 2. The van der Waals surface area contributed by atoms with E-state index < -0.39 is 0 Å². The molecule has 1 N–H and O–H groups in total. The number of urea groups is 1. The van der Waals surface area contributed by atoms with Gasteiger partial charge in [-0.15, -0.1) is 0 Å². The van der Waals surface area contributed by atoms with Gasteiger partial charge in [0.25, 0.3) is 0 Å². The first-order valence-corrected chi connectivity index (χ1v) is 10.0. The fourth-order valence-corrected chi connectivity index (χ4v) is 4.15. The lowest BCUT2D eigenvalue weighted by Gasteiger charge is -2.22. The molecule has 2 aromatic rings. The standard InChI is InChI=1S/C19H28N6O2/c1-13(18-22-17(23-27-18)14-7-4-3-5-8-14)21-19(26)25-10-6-9-16-15(12-25)11-20-24(16)2/h11,13-14H,3-10,12H2,1-2H3,(H,21,26). The Morgan fingerprint density at radius 3 is 2.93 bits per heavy atom. The van der Waals surface area contributed by atoms with Crippen LogP contribution >= 0.6 is 0 Å². The molecular weight excluding hydrogens is 344 g/mol. The third-order valence-electron chi connectivity index (χ3n) is 5.78. The van der Waals surface area contributed by atoms with Crippen LogP contribution in [0.25, 0.3) is 0 Å². The van der Waals surface area contributed by atoms with Crippen LogP contribution in [0, 0.1) is 0 Å². The molecule has 4 rings (SSSR count). The molecule has 2 aromatic heterocycles. The number of aryl methyl sites for hydroxylation is 1. The molecule has 0 bridgehead atoms. The van der Waals surface area contributed by atoms with Crippen molar-refractivity contribution >= 4 is 6.03 Å². The predicted molar refractivity (Wildman–Crippen MR) is 99.0 cm³/mol. The van der Waals surface area contributed by atoms with Crippen LogP contribution in [0.2, 0.25) is 0 Å². The summed E-state index contributed by atoms with van der Waals surface area (Å²) in [6.45, 7) is 3.20. The monoisotopic (exact) mass is 372 g/mol. The molecule has 0 spiro atoms. The van der Waals surface area contributed by atoms with Gasteiger partial charge in [0.05, 0.1) is 12.7 Å². The SMILES string of the molecule is CC(NC(=O)N1CCCc2c(cnn2C)C1)c1nc(C2CCCCC2)no1. The van der Waals surface area contributed by atoms with E-state index in [2.05, 4.69) is 20.6 Å². The Bertz CT molecular complexity index is 792. The number of carbonyl (C=O) groups excluding carboxylic acids is 1. The number of fused-ring (bicyclic) bond motifs is 1. The Labute approximate surface area is 159 Å². The van der Waals surface area contributed by atoms with Gasteiger partial charge < -0.3 is 14.7 Å². The smallest absolute Gasteiger partial charge is 0.318 e. The van der Waals surface area contributed by atoms with Crippen LogP contribution in [0.5, 0.6) is 0 Å². The number of aromatic nitrogens is 4. The van der Waals surface area contributed by atoms with Crippen molar-refractivity contribution < 1.29 is 9.32 Å². The Kier molecular flexibility index (Phi) is 5.13. The number of hydrogen-bond acceptors (Lipinski definition) is 5. The number of hydrogen-bond donors (Lipinski definition) is 1. The van der Waals surface area contributed by atoms with Gasteiger partial charge in [0.1, 0.15) is 6.04 Å². The van der Waals surface area contributed by atoms with E-state index in [-0.39, 0.29) is 12.1 Å². The van der Waals surface area contributed by atoms with Crippen molar-refractivity contribution in [1.82, 2.24) is 30.1 Å². The quantitative estimate of drug-likeness (QED) is 0.894. The largest absolute Gasteiger partial charge is 0.337 e. The van der Waals surface area contributed by atoms with Gasteiger partial charge >= 0.3 is 6.03 Å². The van der Waals surface area contributed by atoms with Crippen LogP contribution in [0.1, 0.15) is 80.4 Å². The van der Waals surface area contributed by atoms with Crippen molar-refractivity contribution in [3.05, 3.63) is 29.2 Å². The van der Waals surface area contributed by atoms with Crippen molar-refractivity contribution in [3.8, 4) is 0 Å². The summed E-state index contributed by atoms with van der Waals surface area (Å²) in [7, 11) is 1.95.